The van der Waals surface area contributed by atoms with Crippen molar-refractivity contribution >= 4 is 16.3 Å². The smallest absolute Gasteiger partial charge is 0.235 e. The molecule has 3 rings (SSSR count). The van der Waals surface area contributed by atoms with Crippen molar-refractivity contribution in [1.29, 1.82) is 0 Å². The van der Waals surface area contributed by atoms with E-state index in [2.05, 4.69) is 34.1 Å². The lowest BCUT2D eigenvalue weighted by atomic mass is 9.95. The van der Waals surface area contributed by atoms with Gasteiger partial charge in [0.15, 0.2) is 5.82 Å². The molecular weight excluding hydrogens is 272 g/mol. The van der Waals surface area contributed by atoms with E-state index in [0.717, 1.165) is 28.4 Å². The van der Waals surface area contributed by atoms with Crippen LogP contribution in [0.2, 0.25) is 0 Å². The molecule has 104 valence electrons. The van der Waals surface area contributed by atoms with Crippen LogP contribution in [0, 0.1) is 0 Å². The number of nitrogens with two attached hydrogens (primary N) is 1. The van der Waals surface area contributed by atoms with Crippen molar-refractivity contribution in [3.8, 4) is 11.4 Å². The van der Waals surface area contributed by atoms with E-state index in [9.17, 15) is 0 Å². The highest BCUT2D eigenvalue weighted by atomic mass is 32.1. The van der Waals surface area contributed by atoms with Crippen molar-refractivity contribution in [3.05, 3.63) is 29.5 Å². The third-order valence-electron chi connectivity index (χ3n) is 3.60. The number of hydrogen-bond acceptors (Lipinski definition) is 6. The topological polar surface area (TPSA) is 82.0 Å². The van der Waals surface area contributed by atoms with Gasteiger partial charge in [0.1, 0.15) is 5.01 Å². The maximum Gasteiger partial charge on any atom is 0.235 e. The molecule has 0 saturated carbocycles. The fourth-order valence-corrected chi connectivity index (χ4v) is 3.13. The van der Waals surface area contributed by atoms with E-state index in [1.54, 1.807) is 16.9 Å². The van der Waals surface area contributed by atoms with Crippen LogP contribution in [0.4, 0.5) is 0 Å². The molecule has 6 nitrogen and oxygen atoms in total. The van der Waals surface area contributed by atoms with E-state index in [-0.39, 0.29) is 0 Å². The van der Waals surface area contributed by atoms with Crippen molar-refractivity contribution in [2.24, 2.45) is 5.73 Å². The Morgan fingerprint density at radius 2 is 2.10 bits per heavy atom. The predicted molar refractivity (Wildman–Crippen MR) is 78.3 cm³/mol. The number of aromatic nitrogens is 5. The van der Waals surface area contributed by atoms with Crippen molar-refractivity contribution in [1.82, 2.24) is 24.8 Å². The fourth-order valence-electron chi connectivity index (χ4n) is 2.05. The highest BCUT2D eigenvalue weighted by molar-refractivity contribution is 7.16. The van der Waals surface area contributed by atoms with Gasteiger partial charge < -0.3 is 5.73 Å². The molecular formula is C13H16N6S. The van der Waals surface area contributed by atoms with Crippen LogP contribution in [-0.4, -0.2) is 24.8 Å². The Morgan fingerprint density at radius 1 is 1.30 bits per heavy atom. The van der Waals surface area contributed by atoms with Gasteiger partial charge in [0.25, 0.3) is 0 Å². The SMILES string of the molecule is CCC(N)(CC)c1nn2c(-c3cccnc3)nnc2s1. The standard InChI is InChI=1S/C13H16N6S/c1-3-13(14,4-2)11-18-19-10(16-17-12(19)20-11)9-6-5-7-15-8-9/h5-8H,3-4,14H2,1-2H3. The molecule has 2 N–H and O–H groups in total. The minimum atomic E-state index is -0.391. The lowest BCUT2D eigenvalue weighted by molar-refractivity contribution is 0.406. The van der Waals surface area contributed by atoms with E-state index in [1.807, 2.05) is 12.1 Å². The Hall–Kier alpha value is -1.86. The molecule has 0 aliphatic heterocycles. The second kappa shape index (κ2) is 4.92. The molecule has 0 bridgehead atoms. The molecule has 0 amide bonds. The molecule has 0 aliphatic carbocycles. The number of fused-ring (bicyclic) bond motifs is 1. The maximum atomic E-state index is 6.40. The molecule has 0 atom stereocenters. The first-order chi connectivity index (χ1) is 9.68. The number of nitrogens with zero attached hydrogens (tertiary/aromatic N) is 5. The first-order valence-electron chi connectivity index (χ1n) is 6.60. The van der Waals surface area contributed by atoms with Crippen LogP contribution in [0.15, 0.2) is 24.5 Å². The van der Waals surface area contributed by atoms with Crippen LogP contribution >= 0.6 is 11.3 Å². The highest BCUT2D eigenvalue weighted by Crippen LogP contribution is 2.30. The summed E-state index contributed by atoms with van der Waals surface area (Å²) in [4.78, 5) is 4.86. The molecule has 0 saturated heterocycles. The van der Waals surface area contributed by atoms with Crippen molar-refractivity contribution in [2.45, 2.75) is 32.2 Å². The summed E-state index contributed by atoms with van der Waals surface area (Å²) in [5, 5.41) is 13.9. The van der Waals surface area contributed by atoms with Gasteiger partial charge in [0.05, 0.1) is 5.54 Å². The van der Waals surface area contributed by atoms with Crippen LogP contribution in [-0.2, 0) is 5.54 Å². The van der Waals surface area contributed by atoms with Crippen molar-refractivity contribution < 1.29 is 0 Å². The average molecular weight is 288 g/mol. The van der Waals surface area contributed by atoms with E-state index in [0.29, 0.717) is 5.82 Å². The molecule has 3 heterocycles. The monoisotopic (exact) mass is 288 g/mol. The highest BCUT2D eigenvalue weighted by Gasteiger charge is 2.28. The van der Waals surface area contributed by atoms with Crippen molar-refractivity contribution in [2.75, 3.05) is 0 Å². The van der Waals surface area contributed by atoms with Crippen LogP contribution < -0.4 is 5.73 Å². The number of hydrogen-bond donors (Lipinski definition) is 1. The zero-order chi connectivity index (χ0) is 14.2. The predicted octanol–water partition coefficient (Wildman–Crippen LogP) is 2.22. The molecule has 0 radical (unpaired) electrons. The molecule has 0 aliphatic rings. The van der Waals surface area contributed by atoms with Gasteiger partial charge in [-0.25, -0.2) is 0 Å². The Kier molecular flexibility index (Phi) is 3.23. The first-order valence-corrected chi connectivity index (χ1v) is 7.41. The maximum absolute atomic E-state index is 6.40. The van der Waals surface area contributed by atoms with Crippen LogP contribution in [0.5, 0.6) is 0 Å². The molecule has 7 heteroatoms. The van der Waals surface area contributed by atoms with Gasteiger partial charge in [-0.3, -0.25) is 4.98 Å². The van der Waals surface area contributed by atoms with Gasteiger partial charge in [-0.1, -0.05) is 25.2 Å². The lowest BCUT2D eigenvalue weighted by Crippen LogP contribution is -2.35. The minimum Gasteiger partial charge on any atom is -0.319 e. The largest absolute Gasteiger partial charge is 0.319 e. The van der Waals surface area contributed by atoms with E-state index in [1.165, 1.54) is 11.3 Å². The summed E-state index contributed by atoms with van der Waals surface area (Å²) >= 11 is 1.50. The second-order valence-electron chi connectivity index (χ2n) is 4.73. The molecule has 3 aromatic rings. The summed E-state index contributed by atoms with van der Waals surface area (Å²) in [5.74, 6) is 0.699. The average Bonchev–Trinajstić information content (AvgIpc) is 3.07. The Morgan fingerprint density at radius 3 is 2.75 bits per heavy atom. The molecule has 20 heavy (non-hydrogen) atoms. The summed E-state index contributed by atoms with van der Waals surface area (Å²) in [6.45, 7) is 4.15. The van der Waals surface area contributed by atoms with Gasteiger partial charge in [0, 0.05) is 18.0 Å². The first kappa shape index (κ1) is 13.1. The zero-order valence-electron chi connectivity index (χ0n) is 11.4. The lowest BCUT2D eigenvalue weighted by Gasteiger charge is -2.22. The van der Waals surface area contributed by atoms with Gasteiger partial charge in [-0.05, 0) is 25.0 Å². The van der Waals surface area contributed by atoms with E-state index >= 15 is 0 Å². The number of rotatable bonds is 4. The summed E-state index contributed by atoms with van der Waals surface area (Å²) < 4.78 is 1.75. The van der Waals surface area contributed by atoms with Gasteiger partial charge in [0.2, 0.25) is 4.96 Å². The Bertz CT molecular complexity index is 713. The third kappa shape index (κ3) is 1.99. The van der Waals surface area contributed by atoms with Crippen molar-refractivity contribution in [3.63, 3.8) is 0 Å². The van der Waals surface area contributed by atoms with E-state index in [4.69, 9.17) is 5.73 Å². The summed E-state index contributed by atoms with van der Waals surface area (Å²) in [7, 11) is 0. The molecule has 0 unspecified atom stereocenters. The molecule has 0 fully saturated rings. The quantitative estimate of drug-likeness (QED) is 0.796. The number of pyridine rings is 1. The van der Waals surface area contributed by atoms with Gasteiger partial charge in [-0.2, -0.15) is 9.61 Å². The zero-order valence-corrected chi connectivity index (χ0v) is 12.3. The van der Waals surface area contributed by atoms with Gasteiger partial charge >= 0.3 is 0 Å². The van der Waals surface area contributed by atoms with Crippen LogP contribution in [0.3, 0.4) is 0 Å². The second-order valence-corrected chi connectivity index (χ2v) is 5.69. The van der Waals surface area contributed by atoms with Crippen LogP contribution in [0.25, 0.3) is 16.3 Å². The third-order valence-corrected chi connectivity index (χ3v) is 4.72. The normalized spacial score (nSPS) is 12.2. The Balaban J connectivity index is 2.12. The van der Waals surface area contributed by atoms with Gasteiger partial charge in [-0.15, -0.1) is 10.2 Å². The fraction of sp³-hybridized carbons (Fsp3) is 0.385. The molecule has 0 aromatic carbocycles. The molecule has 0 spiro atoms. The molecule has 3 aromatic heterocycles. The minimum absolute atomic E-state index is 0.391. The van der Waals surface area contributed by atoms with E-state index < -0.39 is 5.54 Å². The van der Waals surface area contributed by atoms with Crippen LogP contribution in [0.1, 0.15) is 31.7 Å². The Labute approximate surface area is 120 Å². The summed E-state index contributed by atoms with van der Waals surface area (Å²) in [5.41, 5.74) is 6.91. The summed E-state index contributed by atoms with van der Waals surface area (Å²) in [6.07, 6.45) is 5.17. The summed E-state index contributed by atoms with van der Waals surface area (Å²) in [6, 6.07) is 3.81.